The van der Waals surface area contributed by atoms with E-state index in [0.29, 0.717) is 12.1 Å². The molecular weight excluding hydrogens is 250 g/mol. The standard InChI is InChI=1S/C14H12ClNO2/c15-13(18)8-10-9-4-1-2-5-11(9)16-7-3-6-12(17)14(10)16/h1-2,4-5H,3,6-8H2. The van der Waals surface area contributed by atoms with Crippen LogP contribution in [-0.4, -0.2) is 15.6 Å². The lowest BCUT2D eigenvalue weighted by Gasteiger charge is -2.15. The van der Waals surface area contributed by atoms with Gasteiger partial charge in [-0.05, 0) is 29.7 Å². The minimum absolute atomic E-state index is 0.116. The van der Waals surface area contributed by atoms with Crippen molar-refractivity contribution in [2.75, 3.05) is 0 Å². The zero-order valence-electron chi connectivity index (χ0n) is 9.78. The molecule has 0 N–H and O–H groups in total. The third-order valence-electron chi connectivity index (χ3n) is 3.44. The third-order valence-corrected chi connectivity index (χ3v) is 3.57. The van der Waals surface area contributed by atoms with Crippen LogP contribution >= 0.6 is 11.6 Å². The summed E-state index contributed by atoms with van der Waals surface area (Å²) in [6.45, 7) is 0.831. The van der Waals surface area contributed by atoms with Crippen molar-refractivity contribution in [3.8, 4) is 0 Å². The highest BCUT2D eigenvalue weighted by atomic mass is 35.5. The molecule has 2 heterocycles. The lowest BCUT2D eigenvalue weighted by atomic mass is 10.0. The van der Waals surface area contributed by atoms with E-state index in [1.54, 1.807) is 0 Å². The molecule has 0 radical (unpaired) electrons. The van der Waals surface area contributed by atoms with E-state index in [9.17, 15) is 9.59 Å². The first-order chi connectivity index (χ1) is 8.68. The van der Waals surface area contributed by atoms with E-state index in [1.165, 1.54) is 0 Å². The summed E-state index contributed by atoms with van der Waals surface area (Å²) < 4.78 is 2.02. The van der Waals surface area contributed by atoms with Crippen LogP contribution in [0.5, 0.6) is 0 Å². The Balaban J connectivity index is 2.34. The van der Waals surface area contributed by atoms with Crippen molar-refractivity contribution in [3.63, 3.8) is 0 Å². The number of nitrogens with zero attached hydrogens (tertiary/aromatic N) is 1. The number of hydrogen-bond donors (Lipinski definition) is 0. The molecule has 1 aromatic heterocycles. The summed E-state index contributed by atoms with van der Waals surface area (Å²) in [5.74, 6) is 0.116. The van der Waals surface area contributed by atoms with Gasteiger partial charge in [0, 0.05) is 30.3 Å². The highest BCUT2D eigenvalue weighted by Gasteiger charge is 2.25. The zero-order valence-corrected chi connectivity index (χ0v) is 10.5. The summed E-state index contributed by atoms with van der Waals surface area (Å²) >= 11 is 5.50. The van der Waals surface area contributed by atoms with E-state index in [1.807, 2.05) is 28.8 Å². The average Bonchev–Trinajstić information content (AvgIpc) is 2.66. The molecule has 0 fully saturated rings. The predicted molar refractivity (Wildman–Crippen MR) is 70.1 cm³/mol. The maximum Gasteiger partial charge on any atom is 0.226 e. The first kappa shape index (κ1) is 11.5. The fourth-order valence-electron chi connectivity index (χ4n) is 2.76. The fourth-order valence-corrected chi connectivity index (χ4v) is 2.89. The molecule has 2 aromatic rings. The molecule has 0 unspecified atom stereocenters. The minimum atomic E-state index is -0.424. The zero-order chi connectivity index (χ0) is 12.7. The molecule has 1 aromatic carbocycles. The average molecular weight is 262 g/mol. The summed E-state index contributed by atoms with van der Waals surface area (Å²) in [7, 11) is 0. The van der Waals surface area contributed by atoms with Gasteiger partial charge in [0.1, 0.15) is 0 Å². The Morgan fingerprint density at radius 2 is 2.11 bits per heavy atom. The van der Waals surface area contributed by atoms with Crippen molar-refractivity contribution < 1.29 is 9.59 Å². The van der Waals surface area contributed by atoms with Crippen LogP contribution in [0.2, 0.25) is 0 Å². The second kappa shape index (κ2) is 4.25. The predicted octanol–water partition coefficient (Wildman–Crippen LogP) is 2.93. The first-order valence-corrected chi connectivity index (χ1v) is 6.38. The van der Waals surface area contributed by atoms with Crippen LogP contribution in [0.4, 0.5) is 0 Å². The molecule has 0 saturated carbocycles. The van der Waals surface area contributed by atoms with Crippen LogP contribution < -0.4 is 0 Å². The quantitative estimate of drug-likeness (QED) is 0.780. The van der Waals surface area contributed by atoms with E-state index < -0.39 is 5.24 Å². The number of para-hydroxylation sites is 1. The van der Waals surface area contributed by atoms with E-state index in [0.717, 1.165) is 29.4 Å². The number of benzene rings is 1. The number of aryl methyl sites for hydroxylation is 1. The Hall–Kier alpha value is -1.61. The Kier molecular flexibility index (Phi) is 2.71. The van der Waals surface area contributed by atoms with Crippen molar-refractivity contribution >= 4 is 33.5 Å². The Bertz CT molecular complexity index is 657. The number of aromatic nitrogens is 1. The Morgan fingerprint density at radius 1 is 1.33 bits per heavy atom. The number of hydrogen-bond acceptors (Lipinski definition) is 2. The van der Waals surface area contributed by atoms with Crippen LogP contribution in [0.1, 0.15) is 28.9 Å². The maximum absolute atomic E-state index is 12.1. The highest BCUT2D eigenvalue weighted by Crippen LogP contribution is 2.31. The number of halogens is 1. The normalized spacial score (nSPS) is 14.8. The Labute approximate surface area is 109 Å². The van der Waals surface area contributed by atoms with Crippen LogP contribution in [0.15, 0.2) is 24.3 Å². The van der Waals surface area contributed by atoms with Gasteiger partial charge in [0.15, 0.2) is 5.78 Å². The molecule has 0 atom stereocenters. The molecule has 0 aliphatic carbocycles. The number of carbonyl (C=O) groups excluding carboxylic acids is 2. The number of Topliss-reactive ketones (excluding diaryl/α,β-unsaturated/α-hetero) is 1. The molecule has 0 bridgehead atoms. The van der Waals surface area contributed by atoms with Gasteiger partial charge in [-0.1, -0.05) is 18.2 Å². The van der Waals surface area contributed by atoms with Gasteiger partial charge >= 0.3 is 0 Å². The summed E-state index contributed by atoms with van der Waals surface area (Å²) in [5, 5.41) is 0.546. The molecular formula is C14H12ClNO2. The molecule has 1 aliphatic heterocycles. The van der Waals surface area contributed by atoms with Gasteiger partial charge in [-0.15, -0.1) is 0 Å². The van der Waals surface area contributed by atoms with Crippen LogP contribution in [-0.2, 0) is 17.8 Å². The van der Waals surface area contributed by atoms with E-state index in [2.05, 4.69) is 0 Å². The molecule has 0 amide bonds. The van der Waals surface area contributed by atoms with Gasteiger partial charge in [0.2, 0.25) is 5.24 Å². The molecule has 0 spiro atoms. The van der Waals surface area contributed by atoms with E-state index >= 15 is 0 Å². The van der Waals surface area contributed by atoms with Crippen molar-refractivity contribution in [3.05, 3.63) is 35.5 Å². The smallest absolute Gasteiger partial charge is 0.226 e. The van der Waals surface area contributed by atoms with Crippen molar-refractivity contribution in [2.24, 2.45) is 0 Å². The highest BCUT2D eigenvalue weighted by molar-refractivity contribution is 6.63. The number of ketones is 1. The first-order valence-electron chi connectivity index (χ1n) is 6.00. The summed E-state index contributed by atoms with van der Waals surface area (Å²) in [6.07, 6.45) is 1.54. The second-order valence-corrected chi connectivity index (χ2v) is 4.98. The van der Waals surface area contributed by atoms with Crippen molar-refractivity contribution in [1.82, 2.24) is 4.57 Å². The molecule has 4 heteroatoms. The topological polar surface area (TPSA) is 39.1 Å². The van der Waals surface area contributed by atoms with Gasteiger partial charge in [-0.2, -0.15) is 0 Å². The third kappa shape index (κ3) is 1.66. The molecule has 3 nitrogen and oxygen atoms in total. The van der Waals surface area contributed by atoms with Gasteiger partial charge in [0.05, 0.1) is 5.69 Å². The summed E-state index contributed by atoms with van der Waals surface area (Å²) in [6, 6.07) is 7.80. The fraction of sp³-hybridized carbons (Fsp3) is 0.286. The molecule has 92 valence electrons. The van der Waals surface area contributed by atoms with Gasteiger partial charge in [0.25, 0.3) is 0 Å². The molecule has 1 aliphatic rings. The monoisotopic (exact) mass is 261 g/mol. The lowest BCUT2D eigenvalue weighted by molar-refractivity contribution is -0.111. The summed E-state index contributed by atoms with van der Waals surface area (Å²) in [5.41, 5.74) is 2.49. The van der Waals surface area contributed by atoms with Gasteiger partial charge in [-0.3, -0.25) is 9.59 Å². The van der Waals surface area contributed by atoms with Gasteiger partial charge in [-0.25, -0.2) is 0 Å². The summed E-state index contributed by atoms with van der Waals surface area (Å²) in [4.78, 5) is 23.3. The number of fused-ring (bicyclic) bond motifs is 3. The lowest BCUT2D eigenvalue weighted by Crippen LogP contribution is -2.18. The number of carbonyl (C=O) groups is 2. The van der Waals surface area contributed by atoms with E-state index in [-0.39, 0.29) is 12.2 Å². The maximum atomic E-state index is 12.1. The van der Waals surface area contributed by atoms with Crippen LogP contribution in [0.25, 0.3) is 10.9 Å². The SMILES string of the molecule is O=C(Cl)Cc1c2n(c3ccccc13)CCCC2=O. The van der Waals surface area contributed by atoms with Crippen molar-refractivity contribution in [2.45, 2.75) is 25.8 Å². The van der Waals surface area contributed by atoms with Crippen LogP contribution in [0.3, 0.4) is 0 Å². The molecule has 18 heavy (non-hydrogen) atoms. The van der Waals surface area contributed by atoms with Gasteiger partial charge < -0.3 is 4.57 Å². The minimum Gasteiger partial charge on any atom is -0.338 e. The van der Waals surface area contributed by atoms with E-state index in [4.69, 9.17) is 11.6 Å². The van der Waals surface area contributed by atoms with Crippen LogP contribution in [0, 0.1) is 0 Å². The second-order valence-electron chi connectivity index (χ2n) is 4.55. The largest absolute Gasteiger partial charge is 0.338 e. The van der Waals surface area contributed by atoms with Crippen molar-refractivity contribution in [1.29, 1.82) is 0 Å². The Morgan fingerprint density at radius 3 is 2.89 bits per heavy atom. The number of rotatable bonds is 2. The molecule has 0 saturated heterocycles. The molecule has 3 rings (SSSR count).